The second kappa shape index (κ2) is 8.36. The lowest BCUT2D eigenvalue weighted by molar-refractivity contribution is 0.488. The predicted octanol–water partition coefficient (Wildman–Crippen LogP) is 5.61. The maximum Gasteiger partial charge on any atom is 0.0456 e. The van der Waals surface area contributed by atoms with E-state index in [1.54, 1.807) is 0 Å². The van der Waals surface area contributed by atoms with Gasteiger partial charge in [-0.15, -0.1) is 0 Å². The third-order valence-electron chi connectivity index (χ3n) is 5.28. The van der Waals surface area contributed by atoms with Gasteiger partial charge in [-0.05, 0) is 66.8 Å². The molecule has 0 fully saturated rings. The van der Waals surface area contributed by atoms with Crippen LogP contribution < -0.4 is 5.32 Å². The van der Waals surface area contributed by atoms with Gasteiger partial charge in [0.1, 0.15) is 0 Å². The van der Waals surface area contributed by atoms with Gasteiger partial charge < -0.3 is 10.3 Å². The summed E-state index contributed by atoms with van der Waals surface area (Å²) in [5.74, 6) is 0. The third kappa shape index (κ3) is 4.55. The summed E-state index contributed by atoms with van der Waals surface area (Å²) in [5.41, 5.74) is 3.93. The fourth-order valence-corrected chi connectivity index (χ4v) is 3.67. The molecule has 2 N–H and O–H groups in total. The standard InChI is InChI=1S/C24H27N3/c1-18(26-16-19-10-11-22-17-25-13-12-20(22)14-19)6-2-4-8-23-15-21-7-3-5-9-24(21)27-23/h3,5,7,9-15,17-18,26-27H,2,4,6,8,16H2,1H3/t18-/m1/s1. The zero-order valence-electron chi connectivity index (χ0n) is 15.9. The number of H-pyrrole nitrogens is 1. The summed E-state index contributed by atoms with van der Waals surface area (Å²) < 4.78 is 0. The largest absolute Gasteiger partial charge is 0.358 e. The number of aromatic amines is 1. The quantitative estimate of drug-likeness (QED) is 0.403. The van der Waals surface area contributed by atoms with E-state index in [-0.39, 0.29) is 0 Å². The van der Waals surface area contributed by atoms with Crippen molar-refractivity contribution in [3.05, 3.63) is 78.2 Å². The number of nitrogens with one attached hydrogen (secondary N) is 2. The lowest BCUT2D eigenvalue weighted by Gasteiger charge is -2.14. The van der Waals surface area contributed by atoms with E-state index in [4.69, 9.17) is 0 Å². The number of benzene rings is 2. The van der Waals surface area contributed by atoms with Gasteiger partial charge in [0.2, 0.25) is 0 Å². The molecular weight excluding hydrogens is 330 g/mol. The molecule has 0 aliphatic carbocycles. The van der Waals surface area contributed by atoms with Crippen LogP contribution in [0.2, 0.25) is 0 Å². The van der Waals surface area contributed by atoms with Gasteiger partial charge in [0.15, 0.2) is 0 Å². The minimum atomic E-state index is 0.529. The third-order valence-corrected chi connectivity index (χ3v) is 5.28. The lowest BCUT2D eigenvalue weighted by atomic mass is 10.1. The summed E-state index contributed by atoms with van der Waals surface area (Å²) in [6.07, 6.45) is 8.57. The van der Waals surface area contributed by atoms with Crippen LogP contribution in [-0.4, -0.2) is 16.0 Å². The minimum Gasteiger partial charge on any atom is -0.358 e. The summed E-state index contributed by atoms with van der Waals surface area (Å²) in [6, 6.07) is 20.0. The van der Waals surface area contributed by atoms with E-state index in [0.29, 0.717) is 6.04 Å². The molecule has 138 valence electrons. The van der Waals surface area contributed by atoms with Crippen LogP contribution in [0.1, 0.15) is 37.4 Å². The highest BCUT2D eigenvalue weighted by atomic mass is 14.9. The highest BCUT2D eigenvalue weighted by molar-refractivity contribution is 5.82. The van der Waals surface area contributed by atoms with Crippen LogP contribution >= 0.6 is 0 Å². The fraction of sp³-hybridized carbons (Fsp3) is 0.292. The molecule has 2 aromatic carbocycles. The summed E-state index contributed by atoms with van der Waals surface area (Å²) in [7, 11) is 0. The Bertz CT molecular complexity index is 985. The van der Waals surface area contributed by atoms with Crippen molar-refractivity contribution in [2.24, 2.45) is 0 Å². The molecule has 0 amide bonds. The van der Waals surface area contributed by atoms with E-state index in [2.05, 4.69) is 76.8 Å². The monoisotopic (exact) mass is 357 g/mol. The zero-order chi connectivity index (χ0) is 18.5. The smallest absolute Gasteiger partial charge is 0.0456 e. The van der Waals surface area contributed by atoms with Gasteiger partial charge in [0.05, 0.1) is 0 Å². The van der Waals surface area contributed by atoms with Crippen LogP contribution in [0.5, 0.6) is 0 Å². The first-order valence-electron chi connectivity index (χ1n) is 9.90. The molecule has 0 aliphatic rings. The summed E-state index contributed by atoms with van der Waals surface area (Å²) in [6.45, 7) is 3.20. The Hall–Kier alpha value is -2.65. The molecule has 0 spiro atoms. The van der Waals surface area contributed by atoms with Gasteiger partial charge in [-0.25, -0.2) is 0 Å². The van der Waals surface area contributed by atoms with Gasteiger partial charge in [-0.3, -0.25) is 4.98 Å². The molecule has 0 radical (unpaired) electrons. The first-order chi connectivity index (χ1) is 13.3. The van der Waals surface area contributed by atoms with Crippen LogP contribution in [0.3, 0.4) is 0 Å². The number of fused-ring (bicyclic) bond motifs is 2. The fourth-order valence-electron chi connectivity index (χ4n) is 3.67. The van der Waals surface area contributed by atoms with Crippen LogP contribution in [0.15, 0.2) is 67.0 Å². The van der Waals surface area contributed by atoms with Crippen molar-refractivity contribution >= 4 is 21.7 Å². The van der Waals surface area contributed by atoms with Crippen molar-refractivity contribution in [2.75, 3.05) is 0 Å². The highest BCUT2D eigenvalue weighted by Gasteiger charge is 2.04. The van der Waals surface area contributed by atoms with Gasteiger partial charge in [0, 0.05) is 41.6 Å². The first kappa shape index (κ1) is 17.7. The highest BCUT2D eigenvalue weighted by Crippen LogP contribution is 2.17. The number of hydrogen-bond acceptors (Lipinski definition) is 2. The number of nitrogens with zero attached hydrogens (tertiary/aromatic N) is 1. The van der Waals surface area contributed by atoms with Crippen LogP contribution in [0.4, 0.5) is 0 Å². The Kier molecular flexibility index (Phi) is 5.50. The van der Waals surface area contributed by atoms with E-state index >= 15 is 0 Å². The van der Waals surface area contributed by atoms with Crippen molar-refractivity contribution in [1.82, 2.24) is 15.3 Å². The number of para-hydroxylation sites is 1. The SMILES string of the molecule is C[C@H](CCCCc1cc2ccccc2[nH]1)NCc1ccc2cnccc2c1. The van der Waals surface area contributed by atoms with E-state index in [1.165, 1.54) is 52.2 Å². The molecule has 0 saturated heterocycles. The van der Waals surface area contributed by atoms with Crippen molar-refractivity contribution in [3.63, 3.8) is 0 Å². The number of aromatic nitrogens is 2. The van der Waals surface area contributed by atoms with Crippen LogP contribution in [0, 0.1) is 0 Å². The summed E-state index contributed by atoms with van der Waals surface area (Å²) >= 11 is 0. The maximum atomic E-state index is 4.17. The summed E-state index contributed by atoms with van der Waals surface area (Å²) in [4.78, 5) is 7.70. The average Bonchev–Trinajstić information content (AvgIpc) is 3.12. The van der Waals surface area contributed by atoms with Gasteiger partial charge >= 0.3 is 0 Å². The molecule has 0 unspecified atom stereocenters. The molecule has 3 heteroatoms. The van der Waals surface area contributed by atoms with Gasteiger partial charge in [0.25, 0.3) is 0 Å². The number of rotatable bonds is 8. The Morgan fingerprint density at radius 3 is 2.81 bits per heavy atom. The predicted molar refractivity (Wildman–Crippen MR) is 114 cm³/mol. The van der Waals surface area contributed by atoms with Crippen LogP contribution in [0.25, 0.3) is 21.7 Å². The molecule has 4 aromatic rings. The molecular formula is C24H27N3. The first-order valence-corrected chi connectivity index (χ1v) is 9.90. The molecule has 4 rings (SSSR count). The maximum absolute atomic E-state index is 4.17. The summed E-state index contributed by atoms with van der Waals surface area (Å²) in [5, 5.41) is 7.43. The zero-order valence-corrected chi connectivity index (χ0v) is 15.9. The number of unbranched alkanes of at least 4 members (excludes halogenated alkanes) is 1. The van der Waals surface area contributed by atoms with Crippen molar-refractivity contribution < 1.29 is 0 Å². The van der Waals surface area contributed by atoms with Crippen molar-refractivity contribution in [1.29, 1.82) is 0 Å². The van der Waals surface area contributed by atoms with Gasteiger partial charge in [-0.1, -0.05) is 36.8 Å². The van der Waals surface area contributed by atoms with E-state index in [1.807, 2.05) is 12.4 Å². The molecule has 27 heavy (non-hydrogen) atoms. The van der Waals surface area contributed by atoms with E-state index < -0.39 is 0 Å². The minimum absolute atomic E-state index is 0.529. The van der Waals surface area contributed by atoms with E-state index in [0.717, 1.165) is 13.0 Å². The molecule has 0 bridgehead atoms. The Morgan fingerprint density at radius 2 is 1.89 bits per heavy atom. The lowest BCUT2D eigenvalue weighted by Crippen LogP contribution is -2.25. The Morgan fingerprint density at radius 1 is 0.963 bits per heavy atom. The average molecular weight is 358 g/mol. The second-order valence-corrected chi connectivity index (χ2v) is 7.47. The molecule has 0 saturated carbocycles. The molecule has 2 heterocycles. The molecule has 0 aliphatic heterocycles. The number of pyridine rings is 1. The van der Waals surface area contributed by atoms with Crippen molar-refractivity contribution in [3.8, 4) is 0 Å². The van der Waals surface area contributed by atoms with Gasteiger partial charge in [-0.2, -0.15) is 0 Å². The topological polar surface area (TPSA) is 40.7 Å². The molecule has 3 nitrogen and oxygen atoms in total. The van der Waals surface area contributed by atoms with Crippen molar-refractivity contribution in [2.45, 2.75) is 45.2 Å². The molecule has 1 atom stereocenters. The molecule has 2 aromatic heterocycles. The van der Waals surface area contributed by atoms with E-state index in [9.17, 15) is 0 Å². The second-order valence-electron chi connectivity index (χ2n) is 7.47. The normalized spacial score (nSPS) is 12.6. The Balaban J connectivity index is 1.20. The number of hydrogen-bond donors (Lipinski definition) is 2. The Labute approximate surface area is 160 Å². The number of aryl methyl sites for hydroxylation is 1. The van der Waals surface area contributed by atoms with Crippen LogP contribution in [-0.2, 0) is 13.0 Å².